The summed E-state index contributed by atoms with van der Waals surface area (Å²) in [5, 5.41) is 10.3. The number of methoxy groups -OCH3 is 2. The fraction of sp³-hybridized carbons (Fsp3) is 0.455. The quantitative estimate of drug-likeness (QED) is 0.868. The lowest BCUT2D eigenvalue weighted by Crippen LogP contribution is -2.16. The molecule has 3 nitrogen and oxygen atoms in total. The molecule has 0 spiro atoms. The largest absolute Gasteiger partial charge is 0.493 e. The molecule has 0 aliphatic rings. The van der Waals surface area contributed by atoms with Crippen molar-refractivity contribution < 1.29 is 14.6 Å². The molecule has 0 fully saturated rings. The van der Waals surface area contributed by atoms with Crippen molar-refractivity contribution in [3.05, 3.63) is 22.7 Å². The van der Waals surface area contributed by atoms with Crippen molar-refractivity contribution in [3.8, 4) is 11.5 Å². The number of rotatable bonds is 3. The van der Waals surface area contributed by atoms with Crippen LogP contribution in [-0.2, 0) is 5.60 Å². The van der Waals surface area contributed by atoms with Gasteiger partial charge in [0.05, 0.1) is 24.8 Å². The van der Waals surface area contributed by atoms with E-state index in [0.29, 0.717) is 22.1 Å². The molecule has 0 radical (unpaired) electrons. The van der Waals surface area contributed by atoms with Crippen LogP contribution < -0.4 is 9.47 Å². The molecule has 1 aromatic carbocycles. The Kier molecular flexibility index (Phi) is 3.47. The van der Waals surface area contributed by atoms with Gasteiger partial charge in [0.2, 0.25) is 0 Å². The maximum Gasteiger partial charge on any atom is 0.162 e. The molecular formula is C11H15ClO3. The number of hydrogen-bond donors (Lipinski definition) is 1. The van der Waals surface area contributed by atoms with Gasteiger partial charge in [0.1, 0.15) is 0 Å². The van der Waals surface area contributed by atoms with Crippen LogP contribution in [0.3, 0.4) is 0 Å². The number of benzene rings is 1. The SMILES string of the molecule is COc1cc(Cl)c(C(C)(C)O)cc1OC. The van der Waals surface area contributed by atoms with Crippen LogP contribution in [0.25, 0.3) is 0 Å². The highest BCUT2D eigenvalue weighted by molar-refractivity contribution is 6.31. The van der Waals surface area contributed by atoms with Gasteiger partial charge in [-0.05, 0) is 19.9 Å². The van der Waals surface area contributed by atoms with Crippen molar-refractivity contribution in [2.75, 3.05) is 14.2 Å². The van der Waals surface area contributed by atoms with Crippen LogP contribution in [-0.4, -0.2) is 19.3 Å². The minimum atomic E-state index is -1.00. The Morgan fingerprint density at radius 3 is 2.00 bits per heavy atom. The molecular weight excluding hydrogens is 216 g/mol. The molecule has 0 aromatic heterocycles. The van der Waals surface area contributed by atoms with Crippen molar-refractivity contribution in [2.24, 2.45) is 0 Å². The van der Waals surface area contributed by atoms with E-state index in [1.807, 2.05) is 0 Å². The highest BCUT2D eigenvalue weighted by atomic mass is 35.5. The third kappa shape index (κ3) is 2.55. The minimum absolute atomic E-state index is 0.458. The third-order valence-corrected chi connectivity index (χ3v) is 2.45. The van der Waals surface area contributed by atoms with E-state index in [9.17, 15) is 5.11 Å². The first-order chi connectivity index (χ1) is 6.90. The summed E-state index contributed by atoms with van der Waals surface area (Å²) in [4.78, 5) is 0. The summed E-state index contributed by atoms with van der Waals surface area (Å²) in [6.07, 6.45) is 0. The lowest BCUT2D eigenvalue weighted by Gasteiger charge is -2.21. The molecule has 0 unspecified atom stereocenters. The topological polar surface area (TPSA) is 38.7 Å². The van der Waals surface area contributed by atoms with Gasteiger partial charge in [0.15, 0.2) is 11.5 Å². The van der Waals surface area contributed by atoms with E-state index in [2.05, 4.69) is 0 Å². The predicted molar refractivity (Wildman–Crippen MR) is 59.8 cm³/mol. The van der Waals surface area contributed by atoms with E-state index >= 15 is 0 Å². The maximum absolute atomic E-state index is 9.87. The first-order valence-electron chi connectivity index (χ1n) is 4.54. The van der Waals surface area contributed by atoms with Crippen LogP contribution in [0.5, 0.6) is 11.5 Å². The van der Waals surface area contributed by atoms with Gasteiger partial charge in [0.25, 0.3) is 0 Å². The molecule has 15 heavy (non-hydrogen) atoms. The Morgan fingerprint density at radius 1 is 1.13 bits per heavy atom. The molecule has 0 saturated carbocycles. The summed E-state index contributed by atoms with van der Waals surface area (Å²) in [5.41, 5.74) is -0.391. The number of hydrogen-bond acceptors (Lipinski definition) is 3. The Bertz CT molecular complexity index is 356. The molecule has 0 saturated heterocycles. The number of ether oxygens (including phenoxy) is 2. The zero-order chi connectivity index (χ0) is 11.6. The number of aliphatic hydroxyl groups is 1. The van der Waals surface area contributed by atoms with Gasteiger partial charge in [-0.25, -0.2) is 0 Å². The Hall–Kier alpha value is -0.930. The summed E-state index contributed by atoms with van der Waals surface area (Å²) in [6, 6.07) is 3.31. The molecule has 0 aliphatic heterocycles. The normalized spacial score (nSPS) is 11.3. The van der Waals surface area contributed by atoms with Crippen molar-refractivity contribution in [2.45, 2.75) is 19.4 Å². The van der Waals surface area contributed by atoms with E-state index in [1.54, 1.807) is 33.1 Å². The predicted octanol–water partition coefficient (Wildman–Crippen LogP) is 2.58. The monoisotopic (exact) mass is 230 g/mol. The molecule has 0 aliphatic carbocycles. The standard InChI is InChI=1S/C11H15ClO3/c1-11(2,13)7-5-9(14-3)10(15-4)6-8(7)12/h5-6,13H,1-4H3. The molecule has 0 amide bonds. The maximum atomic E-state index is 9.87. The van der Waals surface area contributed by atoms with Crippen LogP contribution in [0.1, 0.15) is 19.4 Å². The van der Waals surface area contributed by atoms with E-state index in [-0.39, 0.29) is 0 Å². The van der Waals surface area contributed by atoms with Gasteiger partial charge in [-0.1, -0.05) is 11.6 Å². The molecule has 1 rings (SSSR count). The van der Waals surface area contributed by atoms with E-state index in [0.717, 1.165) is 0 Å². The zero-order valence-electron chi connectivity index (χ0n) is 9.30. The Balaban J connectivity index is 3.32. The fourth-order valence-corrected chi connectivity index (χ4v) is 1.71. The summed E-state index contributed by atoms with van der Waals surface area (Å²) in [5.74, 6) is 1.11. The smallest absolute Gasteiger partial charge is 0.162 e. The van der Waals surface area contributed by atoms with Crippen LogP contribution in [0.2, 0.25) is 5.02 Å². The Morgan fingerprint density at radius 2 is 1.60 bits per heavy atom. The van der Waals surface area contributed by atoms with Crippen LogP contribution >= 0.6 is 11.6 Å². The summed E-state index contributed by atoms with van der Waals surface area (Å²) >= 11 is 6.03. The highest BCUT2D eigenvalue weighted by Crippen LogP contribution is 2.37. The third-order valence-electron chi connectivity index (χ3n) is 2.13. The van der Waals surface area contributed by atoms with E-state index < -0.39 is 5.60 Å². The number of halogens is 1. The molecule has 0 atom stereocenters. The molecule has 0 heterocycles. The second-order valence-corrected chi connectivity index (χ2v) is 4.15. The fourth-order valence-electron chi connectivity index (χ4n) is 1.32. The van der Waals surface area contributed by atoms with E-state index in [1.165, 1.54) is 7.11 Å². The van der Waals surface area contributed by atoms with Crippen LogP contribution in [0.4, 0.5) is 0 Å². The van der Waals surface area contributed by atoms with Crippen LogP contribution in [0, 0.1) is 0 Å². The summed E-state index contributed by atoms with van der Waals surface area (Å²) < 4.78 is 10.2. The Labute approximate surface area is 94.6 Å². The lowest BCUT2D eigenvalue weighted by molar-refractivity contribution is 0.0784. The van der Waals surface area contributed by atoms with Gasteiger partial charge in [-0.3, -0.25) is 0 Å². The van der Waals surface area contributed by atoms with Crippen molar-refractivity contribution in [3.63, 3.8) is 0 Å². The average Bonchev–Trinajstić information content (AvgIpc) is 2.15. The minimum Gasteiger partial charge on any atom is -0.493 e. The van der Waals surface area contributed by atoms with Crippen molar-refractivity contribution in [1.82, 2.24) is 0 Å². The lowest BCUT2D eigenvalue weighted by atomic mass is 9.98. The summed E-state index contributed by atoms with van der Waals surface area (Å²) in [7, 11) is 3.08. The summed E-state index contributed by atoms with van der Waals surface area (Å²) in [6.45, 7) is 3.33. The van der Waals surface area contributed by atoms with Gasteiger partial charge in [-0.15, -0.1) is 0 Å². The van der Waals surface area contributed by atoms with Crippen molar-refractivity contribution in [1.29, 1.82) is 0 Å². The molecule has 1 aromatic rings. The van der Waals surface area contributed by atoms with Gasteiger partial charge in [0, 0.05) is 11.6 Å². The molecule has 1 N–H and O–H groups in total. The van der Waals surface area contributed by atoms with Gasteiger partial charge >= 0.3 is 0 Å². The highest BCUT2D eigenvalue weighted by Gasteiger charge is 2.22. The second kappa shape index (κ2) is 4.29. The van der Waals surface area contributed by atoms with E-state index in [4.69, 9.17) is 21.1 Å². The second-order valence-electron chi connectivity index (χ2n) is 3.75. The van der Waals surface area contributed by atoms with Gasteiger partial charge < -0.3 is 14.6 Å². The zero-order valence-corrected chi connectivity index (χ0v) is 10.1. The molecule has 0 bridgehead atoms. The van der Waals surface area contributed by atoms with Crippen LogP contribution in [0.15, 0.2) is 12.1 Å². The first-order valence-corrected chi connectivity index (χ1v) is 4.92. The molecule has 4 heteroatoms. The first kappa shape index (κ1) is 12.1. The molecule has 84 valence electrons. The van der Waals surface area contributed by atoms with Gasteiger partial charge in [-0.2, -0.15) is 0 Å². The van der Waals surface area contributed by atoms with Crippen molar-refractivity contribution >= 4 is 11.6 Å². The average molecular weight is 231 g/mol.